The van der Waals surface area contributed by atoms with Crippen LogP contribution in [0.2, 0.25) is 10.0 Å². The zero-order valence-corrected chi connectivity index (χ0v) is 18.2. The molecule has 5 nitrogen and oxygen atoms in total. The molecule has 1 unspecified atom stereocenters. The zero-order valence-electron chi connectivity index (χ0n) is 16.7. The highest BCUT2D eigenvalue weighted by atomic mass is 35.5. The predicted octanol–water partition coefficient (Wildman–Crippen LogP) is 6.17. The number of furan rings is 1. The monoisotopic (exact) mass is 441 g/mol. The minimum Gasteiger partial charge on any atom is -0.467 e. The Balaban J connectivity index is 1.59. The van der Waals surface area contributed by atoms with Crippen molar-refractivity contribution in [2.75, 3.05) is 0 Å². The first-order valence-electron chi connectivity index (χ1n) is 9.71. The van der Waals surface area contributed by atoms with Crippen LogP contribution in [0.5, 0.6) is 0 Å². The number of hydrogen-bond donors (Lipinski definition) is 1. The number of benzene rings is 2. The molecule has 2 heterocycles. The number of carbonyl (C=O) groups is 1. The van der Waals surface area contributed by atoms with Crippen molar-refractivity contribution < 1.29 is 9.21 Å². The first-order valence-corrected chi connectivity index (χ1v) is 10.5. The highest BCUT2D eigenvalue weighted by Gasteiger charge is 2.18. The molecule has 0 fully saturated rings. The third-order valence-electron chi connectivity index (χ3n) is 5.13. The Morgan fingerprint density at radius 1 is 1.17 bits per heavy atom. The fourth-order valence-corrected chi connectivity index (χ4v) is 3.84. The number of imidazole rings is 1. The van der Waals surface area contributed by atoms with Gasteiger partial charge in [-0.2, -0.15) is 0 Å². The molecule has 4 rings (SSSR count). The Hall–Kier alpha value is -2.76. The van der Waals surface area contributed by atoms with Gasteiger partial charge in [-0.25, -0.2) is 4.98 Å². The van der Waals surface area contributed by atoms with Gasteiger partial charge >= 0.3 is 0 Å². The molecule has 0 aliphatic heterocycles. The van der Waals surface area contributed by atoms with E-state index < -0.39 is 0 Å². The van der Waals surface area contributed by atoms with Crippen LogP contribution in [0.1, 0.15) is 46.9 Å². The minimum atomic E-state index is -0.169. The number of rotatable bonds is 6. The van der Waals surface area contributed by atoms with Crippen LogP contribution in [0.4, 0.5) is 0 Å². The van der Waals surface area contributed by atoms with E-state index in [-0.39, 0.29) is 11.9 Å². The van der Waals surface area contributed by atoms with Crippen LogP contribution in [0.3, 0.4) is 0 Å². The Kier molecular flexibility index (Phi) is 5.84. The highest BCUT2D eigenvalue weighted by Crippen LogP contribution is 2.25. The zero-order chi connectivity index (χ0) is 21.3. The average molecular weight is 442 g/mol. The fourth-order valence-electron chi connectivity index (χ4n) is 3.52. The van der Waals surface area contributed by atoms with E-state index in [1.54, 1.807) is 12.3 Å². The molecule has 0 radical (unpaired) electrons. The molecule has 2 aromatic carbocycles. The van der Waals surface area contributed by atoms with E-state index in [4.69, 9.17) is 27.6 Å². The van der Waals surface area contributed by atoms with E-state index in [9.17, 15) is 4.79 Å². The number of nitrogens with one attached hydrogen (secondary N) is 1. The number of aromatic nitrogens is 2. The van der Waals surface area contributed by atoms with Crippen molar-refractivity contribution in [3.8, 4) is 0 Å². The molecule has 0 saturated heterocycles. The van der Waals surface area contributed by atoms with Crippen molar-refractivity contribution in [2.24, 2.45) is 0 Å². The molecule has 7 heteroatoms. The fraction of sp³-hybridized carbons (Fsp3) is 0.217. The Labute approximate surface area is 184 Å². The lowest BCUT2D eigenvalue weighted by Gasteiger charge is -2.14. The summed E-state index contributed by atoms with van der Waals surface area (Å²) in [6.07, 6.45) is 2.35. The lowest BCUT2D eigenvalue weighted by atomic mass is 10.1. The smallest absolute Gasteiger partial charge is 0.251 e. The van der Waals surface area contributed by atoms with Crippen molar-refractivity contribution in [3.05, 3.63) is 87.6 Å². The van der Waals surface area contributed by atoms with Crippen LogP contribution < -0.4 is 5.32 Å². The second-order valence-electron chi connectivity index (χ2n) is 7.15. The van der Waals surface area contributed by atoms with Gasteiger partial charge in [0.1, 0.15) is 11.6 Å². The van der Waals surface area contributed by atoms with E-state index in [2.05, 4.69) is 14.9 Å². The largest absolute Gasteiger partial charge is 0.467 e. The van der Waals surface area contributed by atoms with Gasteiger partial charge in [-0.1, -0.05) is 36.2 Å². The molecule has 0 saturated carbocycles. The van der Waals surface area contributed by atoms with Crippen molar-refractivity contribution >= 4 is 40.1 Å². The lowest BCUT2D eigenvalue weighted by Crippen LogP contribution is -2.27. The van der Waals surface area contributed by atoms with Crippen molar-refractivity contribution in [3.63, 3.8) is 0 Å². The number of amides is 1. The van der Waals surface area contributed by atoms with Gasteiger partial charge in [0.2, 0.25) is 0 Å². The Morgan fingerprint density at radius 3 is 2.70 bits per heavy atom. The van der Waals surface area contributed by atoms with Crippen LogP contribution in [0, 0.1) is 6.92 Å². The molecule has 1 N–H and O–H groups in total. The maximum absolute atomic E-state index is 12.8. The number of carbonyl (C=O) groups excluding carboxylic acids is 1. The summed E-state index contributed by atoms with van der Waals surface area (Å²) in [4.78, 5) is 17.4. The van der Waals surface area contributed by atoms with E-state index in [0.717, 1.165) is 34.6 Å². The molecule has 0 spiro atoms. The summed E-state index contributed by atoms with van der Waals surface area (Å²) in [7, 11) is 0. The second kappa shape index (κ2) is 8.54. The van der Waals surface area contributed by atoms with E-state index in [1.165, 1.54) is 0 Å². The Bertz CT molecular complexity index is 1200. The van der Waals surface area contributed by atoms with E-state index in [1.807, 2.05) is 56.3 Å². The summed E-state index contributed by atoms with van der Waals surface area (Å²) in [5.74, 6) is 1.45. The first kappa shape index (κ1) is 20.5. The maximum Gasteiger partial charge on any atom is 0.251 e. The SMILES string of the molecule is CCC(NC(=O)c1ccc2c(c1)nc(C)n2Cc1ccc(Cl)c(Cl)c1)c1ccco1. The lowest BCUT2D eigenvalue weighted by molar-refractivity contribution is 0.0930. The van der Waals surface area contributed by atoms with E-state index >= 15 is 0 Å². The summed E-state index contributed by atoms with van der Waals surface area (Å²) in [6, 6.07) is 14.7. The highest BCUT2D eigenvalue weighted by molar-refractivity contribution is 6.42. The minimum absolute atomic E-state index is 0.156. The van der Waals surface area contributed by atoms with Crippen molar-refractivity contribution in [2.45, 2.75) is 32.9 Å². The van der Waals surface area contributed by atoms with Gasteiger partial charge in [-0.3, -0.25) is 4.79 Å². The van der Waals surface area contributed by atoms with E-state index in [0.29, 0.717) is 22.2 Å². The molecule has 1 amide bonds. The van der Waals surface area contributed by atoms with Gasteiger partial charge in [-0.05, 0) is 61.4 Å². The van der Waals surface area contributed by atoms with Crippen LogP contribution in [0.15, 0.2) is 59.2 Å². The summed E-state index contributed by atoms with van der Waals surface area (Å²) in [5.41, 5.74) is 3.31. The van der Waals surface area contributed by atoms with Gasteiger partial charge in [0, 0.05) is 12.1 Å². The molecule has 1 atom stereocenters. The number of fused-ring (bicyclic) bond motifs is 1. The molecule has 30 heavy (non-hydrogen) atoms. The normalized spacial score (nSPS) is 12.3. The van der Waals surface area contributed by atoms with Crippen LogP contribution in [-0.2, 0) is 6.54 Å². The van der Waals surface area contributed by atoms with Gasteiger partial charge in [0.25, 0.3) is 5.91 Å². The molecular formula is C23H21Cl2N3O2. The average Bonchev–Trinajstić information content (AvgIpc) is 3.37. The number of halogens is 2. The van der Waals surface area contributed by atoms with Gasteiger partial charge < -0.3 is 14.3 Å². The third kappa shape index (κ3) is 4.09. The van der Waals surface area contributed by atoms with Gasteiger partial charge in [0.15, 0.2) is 0 Å². The first-order chi connectivity index (χ1) is 14.5. The van der Waals surface area contributed by atoms with Gasteiger partial charge in [0.05, 0.1) is 33.4 Å². The number of nitrogens with zero attached hydrogens (tertiary/aromatic N) is 2. The van der Waals surface area contributed by atoms with Crippen LogP contribution in [0.25, 0.3) is 11.0 Å². The topological polar surface area (TPSA) is 60.1 Å². The Morgan fingerprint density at radius 2 is 2.00 bits per heavy atom. The van der Waals surface area contributed by atoms with Crippen LogP contribution in [-0.4, -0.2) is 15.5 Å². The summed E-state index contributed by atoms with van der Waals surface area (Å²) < 4.78 is 7.53. The summed E-state index contributed by atoms with van der Waals surface area (Å²) >= 11 is 12.2. The van der Waals surface area contributed by atoms with Crippen LogP contribution >= 0.6 is 23.2 Å². The van der Waals surface area contributed by atoms with Gasteiger partial charge in [-0.15, -0.1) is 0 Å². The van der Waals surface area contributed by atoms with Crippen molar-refractivity contribution in [1.29, 1.82) is 0 Å². The molecule has 0 aliphatic carbocycles. The molecule has 4 aromatic rings. The number of aryl methyl sites for hydroxylation is 1. The standard InChI is InChI=1S/C23H21Cl2N3O2/c1-3-19(22-5-4-10-30-22)27-23(29)16-7-9-21-20(12-16)26-14(2)28(21)13-15-6-8-17(24)18(25)11-15/h4-12,19H,3,13H2,1-2H3,(H,27,29). The number of hydrogen-bond acceptors (Lipinski definition) is 3. The molecule has 154 valence electrons. The quantitative estimate of drug-likeness (QED) is 0.388. The molecule has 0 aliphatic rings. The molecular weight excluding hydrogens is 421 g/mol. The summed E-state index contributed by atoms with van der Waals surface area (Å²) in [5, 5.41) is 4.08. The summed E-state index contributed by atoms with van der Waals surface area (Å²) in [6.45, 7) is 4.56. The predicted molar refractivity (Wildman–Crippen MR) is 119 cm³/mol. The molecule has 2 aromatic heterocycles. The molecule has 0 bridgehead atoms. The third-order valence-corrected chi connectivity index (χ3v) is 5.87. The maximum atomic E-state index is 12.8. The second-order valence-corrected chi connectivity index (χ2v) is 7.96. The van der Waals surface area contributed by atoms with Crippen molar-refractivity contribution in [1.82, 2.24) is 14.9 Å².